The molecule has 84 valence electrons. The van der Waals surface area contributed by atoms with Crippen molar-refractivity contribution in [3.05, 3.63) is 53.9 Å². The normalized spacial score (nSPS) is 9.71. The molecule has 2 rings (SSSR count). The number of anilines is 2. The van der Waals surface area contributed by atoms with E-state index in [-0.39, 0.29) is 11.4 Å². The van der Waals surface area contributed by atoms with Crippen molar-refractivity contribution in [1.82, 2.24) is 4.98 Å². The van der Waals surface area contributed by atoms with E-state index in [1.54, 1.807) is 12.1 Å². The van der Waals surface area contributed by atoms with Gasteiger partial charge in [0.25, 0.3) is 0 Å². The van der Waals surface area contributed by atoms with Crippen molar-refractivity contribution >= 4 is 11.4 Å². The average molecular weight is 231 g/mol. The molecule has 0 unspecified atom stereocenters. The van der Waals surface area contributed by atoms with Gasteiger partial charge in [0.15, 0.2) is 5.69 Å². The molecule has 1 heterocycles. The Balaban J connectivity index is 2.38. The number of aromatic nitrogens is 1. The fraction of sp³-hybridized carbons (Fsp3) is 0. The molecule has 0 saturated heterocycles. The first-order valence-corrected chi connectivity index (χ1v) is 4.78. The highest BCUT2D eigenvalue weighted by Gasteiger charge is 2.07. The summed E-state index contributed by atoms with van der Waals surface area (Å²) in [6.07, 6.45) is 1.45. The van der Waals surface area contributed by atoms with Crippen molar-refractivity contribution in [2.45, 2.75) is 0 Å². The molecule has 0 radical (unpaired) electrons. The second-order valence-electron chi connectivity index (χ2n) is 3.26. The van der Waals surface area contributed by atoms with Crippen molar-refractivity contribution in [2.75, 3.05) is 5.32 Å². The quantitative estimate of drug-likeness (QED) is 0.864. The van der Waals surface area contributed by atoms with Gasteiger partial charge in [-0.25, -0.2) is 13.8 Å². The van der Waals surface area contributed by atoms with E-state index in [1.807, 2.05) is 6.07 Å². The summed E-state index contributed by atoms with van der Waals surface area (Å²) in [4.78, 5) is 3.81. The Bertz CT molecular complexity index is 591. The molecule has 0 amide bonds. The van der Waals surface area contributed by atoms with Crippen LogP contribution in [-0.2, 0) is 0 Å². The van der Waals surface area contributed by atoms with Gasteiger partial charge in [-0.3, -0.25) is 0 Å². The second-order valence-corrected chi connectivity index (χ2v) is 3.26. The number of hydrogen-bond donors (Lipinski definition) is 1. The maximum atomic E-state index is 13.4. The highest BCUT2D eigenvalue weighted by atomic mass is 19.1. The molecular formula is C12H7F2N3. The van der Waals surface area contributed by atoms with Gasteiger partial charge in [0, 0.05) is 12.3 Å². The van der Waals surface area contributed by atoms with E-state index in [0.29, 0.717) is 5.69 Å². The Kier molecular flexibility index (Phi) is 2.97. The van der Waals surface area contributed by atoms with Crippen LogP contribution in [-0.4, -0.2) is 4.98 Å². The summed E-state index contributed by atoms with van der Waals surface area (Å²) in [5, 5.41) is 11.4. The molecule has 0 fully saturated rings. The van der Waals surface area contributed by atoms with E-state index >= 15 is 0 Å². The van der Waals surface area contributed by atoms with Crippen molar-refractivity contribution in [1.29, 1.82) is 5.26 Å². The van der Waals surface area contributed by atoms with Crippen LogP contribution in [0.15, 0.2) is 36.5 Å². The fourth-order valence-electron chi connectivity index (χ4n) is 1.33. The van der Waals surface area contributed by atoms with Gasteiger partial charge < -0.3 is 5.32 Å². The van der Waals surface area contributed by atoms with Crippen LogP contribution in [0.25, 0.3) is 0 Å². The topological polar surface area (TPSA) is 48.7 Å². The monoisotopic (exact) mass is 231 g/mol. The maximum Gasteiger partial charge on any atom is 0.163 e. The summed E-state index contributed by atoms with van der Waals surface area (Å²) in [5.74, 6) is -1.16. The van der Waals surface area contributed by atoms with Gasteiger partial charge in [0.05, 0.1) is 11.4 Å². The van der Waals surface area contributed by atoms with E-state index < -0.39 is 11.6 Å². The minimum Gasteiger partial charge on any atom is -0.351 e. The summed E-state index contributed by atoms with van der Waals surface area (Å²) >= 11 is 0. The lowest BCUT2D eigenvalue weighted by Gasteiger charge is -2.08. The number of nitrogens with zero attached hydrogens (tertiary/aromatic N) is 2. The van der Waals surface area contributed by atoms with E-state index in [1.165, 1.54) is 6.20 Å². The van der Waals surface area contributed by atoms with Crippen LogP contribution in [0, 0.1) is 23.0 Å². The number of halogens is 2. The van der Waals surface area contributed by atoms with Crippen LogP contribution < -0.4 is 5.32 Å². The molecule has 1 aromatic carbocycles. The van der Waals surface area contributed by atoms with Crippen molar-refractivity contribution in [3.63, 3.8) is 0 Å². The number of pyridine rings is 1. The molecule has 0 spiro atoms. The zero-order valence-corrected chi connectivity index (χ0v) is 8.61. The van der Waals surface area contributed by atoms with E-state index in [9.17, 15) is 8.78 Å². The molecule has 1 N–H and O–H groups in total. The summed E-state index contributed by atoms with van der Waals surface area (Å²) in [6.45, 7) is 0. The molecule has 0 aliphatic carbocycles. The molecule has 5 heteroatoms. The predicted octanol–water partition coefficient (Wildman–Crippen LogP) is 2.98. The van der Waals surface area contributed by atoms with Crippen molar-refractivity contribution in [2.24, 2.45) is 0 Å². The van der Waals surface area contributed by atoms with Crippen LogP contribution in [0.4, 0.5) is 20.2 Å². The first kappa shape index (κ1) is 11.0. The molecule has 0 saturated carbocycles. The zero-order chi connectivity index (χ0) is 12.3. The number of rotatable bonds is 2. The molecule has 2 aromatic rings. The summed E-state index contributed by atoms with van der Waals surface area (Å²) in [6, 6.07) is 8.08. The molecule has 3 nitrogen and oxygen atoms in total. The van der Waals surface area contributed by atoms with E-state index in [0.717, 1.165) is 18.2 Å². The maximum absolute atomic E-state index is 13.4. The lowest BCUT2D eigenvalue weighted by Crippen LogP contribution is -1.98. The first-order chi connectivity index (χ1) is 8.20. The average Bonchev–Trinajstić information content (AvgIpc) is 2.34. The summed E-state index contributed by atoms with van der Waals surface area (Å²) in [5.41, 5.74) is 0.421. The highest BCUT2D eigenvalue weighted by molar-refractivity contribution is 5.64. The molecule has 1 aromatic heterocycles. The van der Waals surface area contributed by atoms with Crippen molar-refractivity contribution in [3.8, 4) is 6.07 Å². The van der Waals surface area contributed by atoms with Crippen LogP contribution in [0.3, 0.4) is 0 Å². The van der Waals surface area contributed by atoms with Crippen LogP contribution in [0.2, 0.25) is 0 Å². The Hall–Kier alpha value is -2.48. The molecule has 0 aliphatic heterocycles. The number of hydrogen-bond acceptors (Lipinski definition) is 3. The van der Waals surface area contributed by atoms with Gasteiger partial charge in [0.2, 0.25) is 0 Å². The Labute approximate surface area is 96.3 Å². The third kappa shape index (κ3) is 2.37. The minimum absolute atomic E-state index is 0.0329. The Morgan fingerprint density at radius 1 is 1.18 bits per heavy atom. The summed E-state index contributed by atoms with van der Waals surface area (Å²) in [7, 11) is 0. The minimum atomic E-state index is -0.598. The largest absolute Gasteiger partial charge is 0.351 e. The zero-order valence-electron chi connectivity index (χ0n) is 8.61. The van der Waals surface area contributed by atoms with Gasteiger partial charge in [0.1, 0.15) is 17.7 Å². The third-order valence-corrected chi connectivity index (χ3v) is 2.11. The Morgan fingerprint density at radius 2 is 2.00 bits per heavy atom. The third-order valence-electron chi connectivity index (χ3n) is 2.11. The number of nitriles is 1. The highest BCUT2D eigenvalue weighted by Crippen LogP contribution is 2.22. The molecule has 0 aliphatic rings. The van der Waals surface area contributed by atoms with Crippen LogP contribution in [0.5, 0.6) is 0 Å². The van der Waals surface area contributed by atoms with Crippen LogP contribution >= 0.6 is 0 Å². The standard InChI is InChI=1S/C12H7F2N3/c13-8-3-4-9(14)11(6-8)17-10-2-1-5-16-12(10)7-15/h1-6,17H. The van der Waals surface area contributed by atoms with E-state index in [4.69, 9.17) is 5.26 Å². The molecule has 0 bridgehead atoms. The number of nitrogens with one attached hydrogen (secondary N) is 1. The van der Waals surface area contributed by atoms with Gasteiger partial charge in [-0.15, -0.1) is 0 Å². The van der Waals surface area contributed by atoms with Crippen molar-refractivity contribution < 1.29 is 8.78 Å². The molecular weight excluding hydrogens is 224 g/mol. The fourth-order valence-corrected chi connectivity index (χ4v) is 1.33. The van der Waals surface area contributed by atoms with Gasteiger partial charge in [-0.1, -0.05) is 0 Å². The van der Waals surface area contributed by atoms with E-state index in [2.05, 4.69) is 10.3 Å². The SMILES string of the molecule is N#Cc1ncccc1Nc1cc(F)ccc1F. The Morgan fingerprint density at radius 3 is 2.76 bits per heavy atom. The van der Waals surface area contributed by atoms with Gasteiger partial charge >= 0.3 is 0 Å². The number of benzene rings is 1. The lowest BCUT2D eigenvalue weighted by molar-refractivity contribution is 0.603. The van der Waals surface area contributed by atoms with Gasteiger partial charge in [-0.2, -0.15) is 5.26 Å². The van der Waals surface area contributed by atoms with Gasteiger partial charge in [-0.05, 0) is 24.3 Å². The molecule has 0 atom stereocenters. The first-order valence-electron chi connectivity index (χ1n) is 4.78. The molecule has 17 heavy (non-hydrogen) atoms. The van der Waals surface area contributed by atoms with Crippen LogP contribution in [0.1, 0.15) is 5.69 Å². The predicted molar refractivity (Wildman–Crippen MR) is 58.6 cm³/mol. The summed E-state index contributed by atoms with van der Waals surface area (Å²) < 4.78 is 26.3. The second kappa shape index (κ2) is 4.58. The smallest absolute Gasteiger partial charge is 0.163 e. The lowest BCUT2D eigenvalue weighted by atomic mass is 10.2.